The van der Waals surface area contributed by atoms with Crippen LogP contribution in [0.3, 0.4) is 0 Å². The van der Waals surface area contributed by atoms with Crippen molar-refractivity contribution < 1.29 is 4.79 Å². The van der Waals surface area contributed by atoms with E-state index in [-0.39, 0.29) is 12.5 Å². The lowest BCUT2D eigenvalue weighted by atomic mass is 10.2. The number of rotatable bonds is 3. The van der Waals surface area contributed by atoms with Crippen LogP contribution in [-0.4, -0.2) is 27.2 Å². The second-order valence-electron chi connectivity index (χ2n) is 4.13. The fraction of sp³-hybridized carbons (Fsp3) is 0.214. The summed E-state index contributed by atoms with van der Waals surface area (Å²) in [6, 6.07) is 3.53. The molecular formula is C14H15N5O. The Morgan fingerprint density at radius 3 is 3.05 bits per heavy atom. The number of hydrogen-bond donors (Lipinski definition) is 2. The van der Waals surface area contributed by atoms with Gasteiger partial charge >= 0.3 is 0 Å². The molecule has 0 atom stereocenters. The van der Waals surface area contributed by atoms with Crippen LogP contribution in [0.1, 0.15) is 21.6 Å². The first kappa shape index (κ1) is 13.8. The highest BCUT2D eigenvalue weighted by atomic mass is 16.1. The molecule has 0 aliphatic carbocycles. The van der Waals surface area contributed by atoms with Gasteiger partial charge in [-0.3, -0.25) is 14.5 Å². The highest BCUT2D eigenvalue weighted by Gasteiger charge is 2.07. The highest BCUT2D eigenvalue weighted by Crippen LogP contribution is 2.02. The summed E-state index contributed by atoms with van der Waals surface area (Å²) in [5, 5.41) is 6.97. The fourth-order valence-corrected chi connectivity index (χ4v) is 1.62. The molecule has 2 aromatic heterocycles. The number of aryl methyl sites for hydroxylation is 1. The zero-order valence-electron chi connectivity index (χ0n) is 11.1. The van der Waals surface area contributed by atoms with Gasteiger partial charge in [0.1, 0.15) is 0 Å². The van der Waals surface area contributed by atoms with Crippen LogP contribution in [0.5, 0.6) is 0 Å². The third-order valence-electron chi connectivity index (χ3n) is 2.53. The molecule has 0 fully saturated rings. The lowest BCUT2D eigenvalue weighted by molar-refractivity contribution is 0.0950. The Bertz CT molecular complexity index is 665. The largest absolute Gasteiger partial charge is 0.346 e. The maximum atomic E-state index is 12.0. The van der Waals surface area contributed by atoms with Crippen LogP contribution in [0.25, 0.3) is 0 Å². The van der Waals surface area contributed by atoms with Crippen molar-refractivity contribution in [3.05, 3.63) is 47.5 Å². The minimum atomic E-state index is -0.209. The normalized spacial score (nSPS) is 9.70. The third kappa shape index (κ3) is 3.67. The average molecular weight is 269 g/mol. The fourth-order valence-electron chi connectivity index (χ4n) is 1.62. The summed E-state index contributed by atoms with van der Waals surface area (Å²) in [6.45, 7) is 0.647. The van der Waals surface area contributed by atoms with E-state index in [1.807, 2.05) is 19.3 Å². The smallest absolute Gasteiger partial charge is 0.253 e. The van der Waals surface area contributed by atoms with Crippen LogP contribution in [0.2, 0.25) is 0 Å². The monoisotopic (exact) mass is 269 g/mol. The van der Waals surface area contributed by atoms with Crippen LogP contribution in [0, 0.1) is 11.8 Å². The van der Waals surface area contributed by atoms with Crippen molar-refractivity contribution in [1.29, 1.82) is 0 Å². The number of nitrogens with one attached hydrogen (secondary N) is 1. The molecule has 20 heavy (non-hydrogen) atoms. The zero-order chi connectivity index (χ0) is 14.4. The molecule has 102 valence electrons. The Hall–Kier alpha value is -2.65. The van der Waals surface area contributed by atoms with Crippen LogP contribution in [-0.2, 0) is 13.6 Å². The first-order valence-corrected chi connectivity index (χ1v) is 6.10. The quantitative estimate of drug-likeness (QED) is 0.771. The van der Waals surface area contributed by atoms with Gasteiger partial charge in [0.2, 0.25) is 0 Å². The van der Waals surface area contributed by atoms with Crippen LogP contribution in [0.15, 0.2) is 30.7 Å². The molecule has 0 bridgehead atoms. The van der Waals surface area contributed by atoms with Gasteiger partial charge in [0.15, 0.2) is 0 Å². The molecule has 3 N–H and O–H groups in total. The summed E-state index contributed by atoms with van der Waals surface area (Å²) >= 11 is 0. The summed E-state index contributed by atoms with van der Waals surface area (Å²) in [5.74, 6) is 5.36. The van der Waals surface area contributed by atoms with Crippen molar-refractivity contribution in [1.82, 2.24) is 20.1 Å². The van der Waals surface area contributed by atoms with E-state index >= 15 is 0 Å². The van der Waals surface area contributed by atoms with Crippen LogP contribution < -0.4 is 11.1 Å². The van der Waals surface area contributed by atoms with Crippen molar-refractivity contribution >= 4 is 5.91 Å². The van der Waals surface area contributed by atoms with E-state index in [0.29, 0.717) is 17.7 Å². The molecule has 2 aromatic rings. The van der Waals surface area contributed by atoms with Gasteiger partial charge in [-0.05, 0) is 12.1 Å². The number of nitrogens with two attached hydrogens (primary N) is 1. The Morgan fingerprint density at radius 2 is 2.35 bits per heavy atom. The third-order valence-corrected chi connectivity index (χ3v) is 2.53. The summed E-state index contributed by atoms with van der Waals surface area (Å²) in [6.07, 6.45) is 4.92. The van der Waals surface area contributed by atoms with Gasteiger partial charge in [-0.2, -0.15) is 5.10 Å². The molecule has 0 unspecified atom stereocenters. The van der Waals surface area contributed by atoms with Gasteiger partial charge in [0.05, 0.1) is 24.3 Å². The SMILES string of the molecule is Cn1ccc(CNC(=O)c2cncc(C#CCN)c2)n1. The van der Waals surface area contributed by atoms with Crippen LogP contribution >= 0.6 is 0 Å². The van der Waals surface area contributed by atoms with E-state index in [1.165, 1.54) is 6.20 Å². The molecule has 0 aliphatic rings. The van der Waals surface area contributed by atoms with Gasteiger partial charge in [0, 0.05) is 31.2 Å². The number of carbonyl (C=O) groups is 1. The van der Waals surface area contributed by atoms with Crippen molar-refractivity contribution in [3.63, 3.8) is 0 Å². The van der Waals surface area contributed by atoms with Gasteiger partial charge < -0.3 is 11.1 Å². The van der Waals surface area contributed by atoms with Crippen molar-refractivity contribution in [2.75, 3.05) is 6.54 Å². The van der Waals surface area contributed by atoms with E-state index in [2.05, 4.69) is 27.2 Å². The maximum absolute atomic E-state index is 12.0. The molecule has 0 aromatic carbocycles. The molecular weight excluding hydrogens is 254 g/mol. The maximum Gasteiger partial charge on any atom is 0.253 e. The van der Waals surface area contributed by atoms with Gasteiger partial charge in [0.25, 0.3) is 5.91 Å². The zero-order valence-corrected chi connectivity index (χ0v) is 11.1. The van der Waals surface area contributed by atoms with E-state index in [9.17, 15) is 4.79 Å². The van der Waals surface area contributed by atoms with Crippen molar-refractivity contribution in [3.8, 4) is 11.8 Å². The van der Waals surface area contributed by atoms with E-state index < -0.39 is 0 Å². The lowest BCUT2D eigenvalue weighted by Crippen LogP contribution is -2.23. The van der Waals surface area contributed by atoms with E-state index in [0.717, 1.165) is 5.69 Å². The summed E-state index contributed by atoms with van der Waals surface area (Å²) < 4.78 is 1.69. The Balaban J connectivity index is 2.01. The molecule has 0 radical (unpaired) electrons. The molecule has 0 aliphatic heterocycles. The average Bonchev–Trinajstić information content (AvgIpc) is 2.88. The second-order valence-corrected chi connectivity index (χ2v) is 4.13. The molecule has 2 heterocycles. The number of pyridine rings is 1. The number of aromatic nitrogens is 3. The predicted octanol–water partition coefficient (Wildman–Crippen LogP) is 0.0553. The molecule has 0 spiro atoms. The molecule has 1 amide bonds. The number of nitrogens with zero attached hydrogens (tertiary/aromatic N) is 3. The number of hydrogen-bond acceptors (Lipinski definition) is 4. The Labute approximate surface area is 117 Å². The summed E-state index contributed by atoms with van der Waals surface area (Å²) in [5.41, 5.74) is 7.24. The number of amides is 1. The standard InChI is InChI=1S/C14H15N5O/c1-19-6-4-13(18-19)10-17-14(20)12-7-11(3-2-5-15)8-16-9-12/h4,6-9H,5,10,15H2,1H3,(H,17,20). The molecule has 0 saturated heterocycles. The molecule has 6 nitrogen and oxygen atoms in total. The first-order chi connectivity index (χ1) is 9.69. The van der Waals surface area contributed by atoms with E-state index in [4.69, 9.17) is 5.73 Å². The summed E-state index contributed by atoms with van der Waals surface area (Å²) in [4.78, 5) is 16.0. The van der Waals surface area contributed by atoms with Gasteiger partial charge in [-0.25, -0.2) is 0 Å². The van der Waals surface area contributed by atoms with Gasteiger partial charge in [-0.1, -0.05) is 11.8 Å². The molecule has 0 saturated carbocycles. The van der Waals surface area contributed by atoms with Gasteiger partial charge in [-0.15, -0.1) is 0 Å². The molecule has 6 heteroatoms. The molecule has 2 rings (SSSR count). The van der Waals surface area contributed by atoms with E-state index in [1.54, 1.807) is 16.9 Å². The lowest BCUT2D eigenvalue weighted by Gasteiger charge is -2.03. The Morgan fingerprint density at radius 1 is 1.50 bits per heavy atom. The van der Waals surface area contributed by atoms with Crippen molar-refractivity contribution in [2.45, 2.75) is 6.54 Å². The Kier molecular flexibility index (Phi) is 4.47. The second kappa shape index (κ2) is 6.50. The minimum absolute atomic E-state index is 0.209. The van der Waals surface area contributed by atoms with Crippen molar-refractivity contribution in [2.24, 2.45) is 12.8 Å². The van der Waals surface area contributed by atoms with Crippen LogP contribution in [0.4, 0.5) is 0 Å². The minimum Gasteiger partial charge on any atom is -0.346 e. The number of carbonyl (C=O) groups excluding carboxylic acids is 1. The highest BCUT2D eigenvalue weighted by molar-refractivity contribution is 5.94. The summed E-state index contributed by atoms with van der Waals surface area (Å²) in [7, 11) is 1.83. The predicted molar refractivity (Wildman–Crippen MR) is 74.5 cm³/mol. The first-order valence-electron chi connectivity index (χ1n) is 6.10. The topological polar surface area (TPSA) is 85.8 Å².